The van der Waals surface area contributed by atoms with Crippen molar-refractivity contribution in [1.29, 1.82) is 0 Å². The number of carboxylic acid groups (broad SMARTS) is 1. The molecule has 0 aliphatic carbocycles. The summed E-state index contributed by atoms with van der Waals surface area (Å²) in [6, 6.07) is 14.8. The Bertz CT molecular complexity index is 945. The van der Waals surface area contributed by atoms with Gasteiger partial charge in [-0.2, -0.15) is 0 Å². The van der Waals surface area contributed by atoms with Gasteiger partial charge in [-0.25, -0.2) is 14.5 Å². The van der Waals surface area contributed by atoms with Gasteiger partial charge in [0.15, 0.2) is 0 Å². The van der Waals surface area contributed by atoms with Crippen LogP contribution < -0.4 is 0 Å². The van der Waals surface area contributed by atoms with Crippen molar-refractivity contribution in [3.63, 3.8) is 0 Å². The Labute approximate surface area is 184 Å². The quantitative estimate of drug-likeness (QED) is 0.595. The first-order valence-corrected chi connectivity index (χ1v) is 10.6. The molecule has 0 aromatic heterocycles. The van der Waals surface area contributed by atoms with Crippen LogP contribution in [0.5, 0.6) is 0 Å². The molecule has 1 heterocycles. The molecule has 1 aliphatic rings. The summed E-state index contributed by atoms with van der Waals surface area (Å²) in [5.41, 5.74) is 0.189. The Morgan fingerprint density at radius 3 is 2.20 bits per heavy atom. The highest BCUT2D eigenvalue weighted by Crippen LogP contribution is 2.40. The smallest absolute Gasteiger partial charge is 0.329 e. The molecule has 0 bridgehead atoms. The molecule has 0 radical (unpaired) electrons. The molecule has 7 heteroatoms. The molecular weight excluding hydrogens is 448 g/mol. The maximum atomic E-state index is 13.6. The lowest BCUT2D eigenvalue weighted by Crippen LogP contribution is -2.47. The minimum atomic E-state index is -1.31. The van der Waals surface area contributed by atoms with E-state index in [2.05, 4.69) is 15.9 Å². The van der Waals surface area contributed by atoms with Crippen LogP contribution in [-0.4, -0.2) is 38.9 Å². The van der Waals surface area contributed by atoms with Gasteiger partial charge in [-0.05, 0) is 42.5 Å². The molecule has 2 aromatic rings. The molecule has 3 rings (SSSR count). The number of hydrogen-bond acceptors (Lipinski definition) is 3. The topological polar surface area (TPSA) is 77.9 Å². The summed E-state index contributed by atoms with van der Waals surface area (Å²) in [5, 5.41) is 9.80. The lowest BCUT2D eigenvalue weighted by atomic mass is 9.89. The number of nitrogens with zero attached hydrogens (tertiary/aromatic N) is 2. The van der Waals surface area contributed by atoms with Crippen molar-refractivity contribution in [2.24, 2.45) is 5.92 Å². The van der Waals surface area contributed by atoms with Crippen LogP contribution in [0.3, 0.4) is 0 Å². The van der Waals surface area contributed by atoms with Gasteiger partial charge >= 0.3 is 12.0 Å². The molecule has 2 atom stereocenters. The van der Waals surface area contributed by atoms with E-state index < -0.39 is 29.5 Å². The molecule has 1 fully saturated rings. The molecule has 1 saturated heterocycles. The van der Waals surface area contributed by atoms with E-state index in [1.54, 1.807) is 19.1 Å². The number of carbonyl (C=O) groups is 3. The lowest BCUT2D eigenvalue weighted by Gasteiger charge is -2.32. The van der Waals surface area contributed by atoms with E-state index >= 15 is 0 Å². The number of urea groups is 1. The van der Waals surface area contributed by atoms with E-state index in [0.717, 1.165) is 14.9 Å². The first-order chi connectivity index (χ1) is 14.2. The van der Waals surface area contributed by atoms with Crippen LogP contribution in [0.2, 0.25) is 0 Å². The lowest BCUT2D eigenvalue weighted by molar-refractivity contribution is -0.148. The number of aliphatic carboxylic acids is 1. The van der Waals surface area contributed by atoms with E-state index in [1.165, 1.54) is 4.90 Å². The maximum absolute atomic E-state index is 13.6. The second kappa shape index (κ2) is 8.60. The molecule has 30 heavy (non-hydrogen) atoms. The number of benzene rings is 2. The number of rotatable bonds is 7. The molecule has 6 nitrogen and oxygen atoms in total. The van der Waals surface area contributed by atoms with Crippen LogP contribution in [-0.2, 0) is 21.7 Å². The number of carboxylic acids is 1. The number of hydrogen-bond donors (Lipinski definition) is 1. The zero-order chi connectivity index (χ0) is 22.1. The van der Waals surface area contributed by atoms with Crippen molar-refractivity contribution in [2.75, 3.05) is 0 Å². The largest absolute Gasteiger partial charge is 0.480 e. The van der Waals surface area contributed by atoms with Crippen molar-refractivity contribution in [3.05, 3.63) is 70.2 Å². The molecule has 0 spiro atoms. The highest BCUT2D eigenvalue weighted by atomic mass is 79.9. The third-order valence-corrected chi connectivity index (χ3v) is 6.02. The Morgan fingerprint density at radius 1 is 1.07 bits per heavy atom. The molecule has 1 aliphatic heterocycles. The van der Waals surface area contributed by atoms with Gasteiger partial charge < -0.3 is 10.0 Å². The molecule has 0 saturated carbocycles. The molecule has 3 amide bonds. The summed E-state index contributed by atoms with van der Waals surface area (Å²) in [4.78, 5) is 41.5. The van der Waals surface area contributed by atoms with Gasteiger partial charge in [0.1, 0.15) is 11.6 Å². The number of carbonyl (C=O) groups excluding carboxylic acids is 2. The third kappa shape index (κ3) is 3.99. The first kappa shape index (κ1) is 22.0. The van der Waals surface area contributed by atoms with Crippen LogP contribution in [0.4, 0.5) is 4.79 Å². The average Bonchev–Trinajstić information content (AvgIpc) is 2.88. The molecule has 158 valence electrons. The fourth-order valence-corrected chi connectivity index (χ4v) is 4.11. The van der Waals surface area contributed by atoms with Crippen LogP contribution in [0.25, 0.3) is 0 Å². The van der Waals surface area contributed by atoms with E-state index in [9.17, 15) is 19.5 Å². The minimum Gasteiger partial charge on any atom is -0.480 e. The Hall–Kier alpha value is -2.67. The monoisotopic (exact) mass is 472 g/mol. The SMILES string of the molecule is CC(C)CC(C(=O)O)N1C(=O)N(Cc2ccccc2)C(C)(c2ccc(Br)cc2)C1=O. The predicted molar refractivity (Wildman–Crippen MR) is 117 cm³/mol. The van der Waals surface area contributed by atoms with Crippen LogP contribution in [0, 0.1) is 5.92 Å². The summed E-state index contributed by atoms with van der Waals surface area (Å²) in [5.74, 6) is -1.68. The predicted octanol–water partition coefficient (Wildman–Crippen LogP) is 4.63. The standard InChI is InChI=1S/C23H25BrN2O4/c1-15(2)13-19(20(27)28)26-21(29)23(3,17-9-11-18(24)12-10-17)25(22(26)30)14-16-7-5-4-6-8-16/h4-12,15,19H,13-14H2,1-3H3,(H,27,28). The van der Waals surface area contributed by atoms with Crippen LogP contribution in [0.1, 0.15) is 38.3 Å². The van der Waals surface area contributed by atoms with Crippen molar-refractivity contribution in [2.45, 2.75) is 45.3 Å². The highest BCUT2D eigenvalue weighted by molar-refractivity contribution is 9.10. The number of amides is 3. The van der Waals surface area contributed by atoms with E-state index in [0.29, 0.717) is 5.56 Å². The molecule has 2 unspecified atom stereocenters. The zero-order valence-corrected chi connectivity index (χ0v) is 18.8. The first-order valence-electron chi connectivity index (χ1n) is 9.84. The summed E-state index contributed by atoms with van der Waals surface area (Å²) in [6.45, 7) is 5.63. The minimum absolute atomic E-state index is 0.00816. The van der Waals surface area contributed by atoms with E-state index in [-0.39, 0.29) is 18.9 Å². The van der Waals surface area contributed by atoms with Gasteiger partial charge in [-0.1, -0.05) is 72.2 Å². The summed E-state index contributed by atoms with van der Waals surface area (Å²) in [6.07, 6.45) is 0.197. The van der Waals surface area contributed by atoms with Gasteiger partial charge in [0.25, 0.3) is 5.91 Å². The summed E-state index contributed by atoms with van der Waals surface area (Å²) < 4.78 is 0.848. The van der Waals surface area contributed by atoms with Crippen molar-refractivity contribution in [3.8, 4) is 0 Å². The summed E-state index contributed by atoms with van der Waals surface area (Å²) in [7, 11) is 0. The Kier molecular flexibility index (Phi) is 6.31. The molecule has 2 aromatic carbocycles. The number of halogens is 1. The van der Waals surface area contributed by atoms with Gasteiger partial charge in [0.05, 0.1) is 0 Å². The Balaban J connectivity index is 2.11. The maximum Gasteiger partial charge on any atom is 0.329 e. The van der Waals surface area contributed by atoms with E-state index in [1.807, 2.05) is 56.3 Å². The van der Waals surface area contributed by atoms with Gasteiger partial charge in [-0.3, -0.25) is 4.79 Å². The number of imide groups is 1. The van der Waals surface area contributed by atoms with Gasteiger partial charge in [0, 0.05) is 11.0 Å². The molecule has 1 N–H and O–H groups in total. The highest BCUT2D eigenvalue weighted by Gasteiger charge is 2.58. The van der Waals surface area contributed by atoms with Crippen molar-refractivity contribution >= 4 is 33.8 Å². The fourth-order valence-electron chi connectivity index (χ4n) is 3.84. The average molecular weight is 473 g/mol. The summed E-state index contributed by atoms with van der Waals surface area (Å²) >= 11 is 3.40. The van der Waals surface area contributed by atoms with Gasteiger partial charge in [0.2, 0.25) is 0 Å². The molecular formula is C23H25BrN2O4. The zero-order valence-electron chi connectivity index (χ0n) is 17.2. The van der Waals surface area contributed by atoms with Crippen LogP contribution >= 0.6 is 15.9 Å². The third-order valence-electron chi connectivity index (χ3n) is 5.49. The van der Waals surface area contributed by atoms with Crippen molar-refractivity contribution < 1.29 is 19.5 Å². The fraction of sp³-hybridized carbons (Fsp3) is 0.348. The Morgan fingerprint density at radius 2 is 1.67 bits per heavy atom. The van der Waals surface area contributed by atoms with Crippen LogP contribution in [0.15, 0.2) is 59.1 Å². The normalized spacial score (nSPS) is 20.2. The van der Waals surface area contributed by atoms with E-state index in [4.69, 9.17) is 0 Å². The second-order valence-electron chi connectivity index (χ2n) is 8.09. The van der Waals surface area contributed by atoms with Gasteiger partial charge in [-0.15, -0.1) is 0 Å². The second-order valence-corrected chi connectivity index (χ2v) is 9.01. The van der Waals surface area contributed by atoms with Crippen molar-refractivity contribution in [1.82, 2.24) is 9.80 Å².